The van der Waals surface area contributed by atoms with Crippen LogP contribution in [0.15, 0.2) is 24.3 Å². The normalized spacial score (nSPS) is 24.1. The maximum atomic E-state index is 5.90. The summed E-state index contributed by atoms with van der Waals surface area (Å²) in [5, 5.41) is 4.40. The molecule has 1 unspecified atom stereocenters. The first-order valence-corrected chi connectivity index (χ1v) is 7.08. The summed E-state index contributed by atoms with van der Waals surface area (Å²) in [6.07, 6.45) is 1.09. The van der Waals surface area contributed by atoms with E-state index in [0.717, 1.165) is 31.1 Å². The number of piperazine rings is 1. The standard InChI is InChI=1S/C15H23ClN2/c1-12-10-17-15(2,3)11-18(12)9-8-13-4-6-14(16)7-5-13/h4-7,12,17H,8-11H2,1-3H3. The predicted molar refractivity (Wildman–Crippen MR) is 78.3 cm³/mol. The minimum Gasteiger partial charge on any atom is -0.309 e. The zero-order valence-electron chi connectivity index (χ0n) is 11.5. The summed E-state index contributed by atoms with van der Waals surface area (Å²) in [6, 6.07) is 8.82. The largest absolute Gasteiger partial charge is 0.309 e. The van der Waals surface area contributed by atoms with Crippen molar-refractivity contribution in [2.24, 2.45) is 0 Å². The van der Waals surface area contributed by atoms with Crippen LogP contribution in [0.3, 0.4) is 0 Å². The van der Waals surface area contributed by atoms with Crippen LogP contribution < -0.4 is 5.32 Å². The van der Waals surface area contributed by atoms with Crippen LogP contribution in [0.2, 0.25) is 5.02 Å². The molecule has 2 rings (SSSR count). The van der Waals surface area contributed by atoms with Gasteiger partial charge in [-0.25, -0.2) is 0 Å². The maximum absolute atomic E-state index is 5.90. The van der Waals surface area contributed by atoms with Crippen LogP contribution in [0.1, 0.15) is 26.3 Å². The van der Waals surface area contributed by atoms with Gasteiger partial charge in [-0.05, 0) is 44.9 Å². The zero-order chi connectivity index (χ0) is 13.2. The highest BCUT2D eigenvalue weighted by atomic mass is 35.5. The number of rotatable bonds is 3. The molecule has 1 aromatic rings. The molecule has 18 heavy (non-hydrogen) atoms. The molecule has 1 N–H and O–H groups in total. The summed E-state index contributed by atoms with van der Waals surface area (Å²) in [6.45, 7) is 10.1. The van der Waals surface area contributed by atoms with E-state index in [1.165, 1.54) is 5.56 Å². The molecule has 0 spiro atoms. The van der Waals surface area contributed by atoms with E-state index in [-0.39, 0.29) is 5.54 Å². The number of hydrogen-bond acceptors (Lipinski definition) is 2. The van der Waals surface area contributed by atoms with E-state index in [4.69, 9.17) is 11.6 Å². The minimum absolute atomic E-state index is 0.229. The highest BCUT2D eigenvalue weighted by Gasteiger charge is 2.29. The summed E-state index contributed by atoms with van der Waals surface area (Å²) in [5.74, 6) is 0. The van der Waals surface area contributed by atoms with Crippen LogP contribution in [-0.2, 0) is 6.42 Å². The van der Waals surface area contributed by atoms with E-state index in [1.807, 2.05) is 12.1 Å². The van der Waals surface area contributed by atoms with Crippen molar-refractivity contribution < 1.29 is 0 Å². The molecule has 1 atom stereocenters. The smallest absolute Gasteiger partial charge is 0.0406 e. The lowest BCUT2D eigenvalue weighted by Gasteiger charge is -2.43. The van der Waals surface area contributed by atoms with E-state index in [1.54, 1.807) is 0 Å². The van der Waals surface area contributed by atoms with Crippen LogP contribution in [0.5, 0.6) is 0 Å². The van der Waals surface area contributed by atoms with E-state index in [2.05, 4.69) is 43.1 Å². The van der Waals surface area contributed by atoms with Crippen LogP contribution in [0, 0.1) is 0 Å². The molecule has 3 heteroatoms. The molecule has 0 radical (unpaired) electrons. The Labute approximate surface area is 115 Å². The van der Waals surface area contributed by atoms with Crippen molar-refractivity contribution in [3.05, 3.63) is 34.9 Å². The monoisotopic (exact) mass is 266 g/mol. The highest BCUT2D eigenvalue weighted by molar-refractivity contribution is 6.30. The number of halogens is 1. The molecule has 2 nitrogen and oxygen atoms in total. The molecule has 0 aromatic heterocycles. The van der Waals surface area contributed by atoms with Crippen molar-refractivity contribution in [1.82, 2.24) is 10.2 Å². The third-order valence-electron chi connectivity index (χ3n) is 3.70. The number of nitrogens with zero attached hydrogens (tertiary/aromatic N) is 1. The van der Waals surface area contributed by atoms with E-state index >= 15 is 0 Å². The fraction of sp³-hybridized carbons (Fsp3) is 0.600. The second-order valence-corrected chi connectivity index (χ2v) is 6.40. The van der Waals surface area contributed by atoms with Crippen LogP contribution >= 0.6 is 11.6 Å². The van der Waals surface area contributed by atoms with Gasteiger partial charge in [-0.3, -0.25) is 4.90 Å². The zero-order valence-corrected chi connectivity index (χ0v) is 12.3. The molecule has 0 aliphatic carbocycles. The van der Waals surface area contributed by atoms with Crippen molar-refractivity contribution in [2.75, 3.05) is 19.6 Å². The Kier molecular flexibility index (Phi) is 4.31. The molecular formula is C15H23ClN2. The SMILES string of the molecule is CC1CNC(C)(C)CN1CCc1ccc(Cl)cc1. The third kappa shape index (κ3) is 3.71. The van der Waals surface area contributed by atoms with E-state index in [0.29, 0.717) is 6.04 Å². The lowest BCUT2D eigenvalue weighted by Crippen LogP contribution is -2.60. The molecule has 0 bridgehead atoms. The van der Waals surface area contributed by atoms with Gasteiger partial charge >= 0.3 is 0 Å². The van der Waals surface area contributed by atoms with Gasteiger partial charge in [-0.15, -0.1) is 0 Å². The summed E-state index contributed by atoms with van der Waals surface area (Å²) >= 11 is 5.90. The van der Waals surface area contributed by atoms with Gasteiger partial charge in [0.05, 0.1) is 0 Å². The first kappa shape index (κ1) is 13.9. The Morgan fingerprint density at radius 3 is 2.67 bits per heavy atom. The van der Waals surface area contributed by atoms with E-state index in [9.17, 15) is 0 Å². The van der Waals surface area contributed by atoms with Gasteiger partial charge in [-0.1, -0.05) is 23.7 Å². The first-order valence-electron chi connectivity index (χ1n) is 6.70. The second kappa shape index (κ2) is 5.60. The Balaban J connectivity index is 1.90. The number of nitrogens with one attached hydrogen (secondary N) is 1. The Hall–Kier alpha value is -0.570. The lowest BCUT2D eigenvalue weighted by atomic mass is 9.98. The molecule has 1 saturated heterocycles. The number of hydrogen-bond donors (Lipinski definition) is 1. The van der Waals surface area contributed by atoms with E-state index < -0.39 is 0 Å². The fourth-order valence-corrected chi connectivity index (χ4v) is 2.62. The van der Waals surface area contributed by atoms with Crippen molar-refractivity contribution in [2.45, 2.75) is 38.8 Å². The van der Waals surface area contributed by atoms with Gasteiger partial charge in [0.15, 0.2) is 0 Å². The highest BCUT2D eigenvalue weighted by Crippen LogP contribution is 2.16. The summed E-state index contributed by atoms with van der Waals surface area (Å²) in [7, 11) is 0. The van der Waals surface area contributed by atoms with Gasteiger partial charge < -0.3 is 5.32 Å². The second-order valence-electron chi connectivity index (χ2n) is 5.96. The van der Waals surface area contributed by atoms with Gasteiger partial charge in [0, 0.05) is 36.2 Å². The quantitative estimate of drug-likeness (QED) is 0.905. The topological polar surface area (TPSA) is 15.3 Å². The van der Waals surface area contributed by atoms with Crippen molar-refractivity contribution in [3.8, 4) is 0 Å². The molecule has 100 valence electrons. The molecule has 0 saturated carbocycles. The van der Waals surface area contributed by atoms with Gasteiger partial charge in [-0.2, -0.15) is 0 Å². The summed E-state index contributed by atoms with van der Waals surface area (Å²) in [4.78, 5) is 2.57. The van der Waals surface area contributed by atoms with Gasteiger partial charge in [0.2, 0.25) is 0 Å². The summed E-state index contributed by atoms with van der Waals surface area (Å²) in [5.41, 5.74) is 1.59. The van der Waals surface area contributed by atoms with Crippen molar-refractivity contribution in [3.63, 3.8) is 0 Å². The predicted octanol–water partition coefficient (Wildman–Crippen LogP) is 2.95. The molecule has 0 amide bonds. The Bertz CT molecular complexity index is 386. The molecule has 1 heterocycles. The number of benzene rings is 1. The average Bonchev–Trinajstić information content (AvgIpc) is 2.32. The Morgan fingerprint density at radius 1 is 1.33 bits per heavy atom. The van der Waals surface area contributed by atoms with Crippen molar-refractivity contribution in [1.29, 1.82) is 0 Å². The Morgan fingerprint density at radius 2 is 2.00 bits per heavy atom. The van der Waals surface area contributed by atoms with Gasteiger partial charge in [0.25, 0.3) is 0 Å². The van der Waals surface area contributed by atoms with Gasteiger partial charge in [0.1, 0.15) is 0 Å². The summed E-state index contributed by atoms with van der Waals surface area (Å²) < 4.78 is 0. The molecule has 1 fully saturated rings. The average molecular weight is 267 g/mol. The third-order valence-corrected chi connectivity index (χ3v) is 3.95. The van der Waals surface area contributed by atoms with Crippen LogP contribution in [-0.4, -0.2) is 36.1 Å². The van der Waals surface area contributed by atoms with Crippen LogP contribution in [0.25, 0.3) is 0 Å². The molecule has 1 aromatic carbocycles. The minimum atomic E-state index is 0.229. The van der Waals surface area contributed by atoms with Crippen LogP contribution in [0.4, 0.5) is 0 Å². The fourth-order valence-electron chi connectivity index (χ4n) is 2.50. The van der Waals surface area contributed by atoms with Crippen molar-refractivity contribution >= 4 is 11.6 Å². The molecule has 1 aliphatic heterocycles. The lowest BCUT2D eigenvalue weighted by molar-refractivity contribution is 0.106. The molecule has 1 aliphatic rings. The maximum Gasteiger partial charge on any atom is 0.0406 e. The molecular weight excluding hydrogens is 244 g/mol. The first-order chi connectivity index (χ1) is 8.46.